The molecule has 0 bridgehead atoms. The average molecular weight is 260 g/mol. The van der Waals surface area contributed by atoms with Crippen molar-refractivity contribution in [2.24, 2.45) is 7.05 Å². The van der Waals surface area contributed by atoms with Crippen LogP contribution in [0.2, 0.25) is 0 Å². The number of rotatable bonds is 4. The normalized spacial score (nSPS) is 10.2. The van der Waals surface area contributed by atoms with Crippen LogP contribution < -0.4 is 15.8 Å². The number of benzene rings is 1. The molecule has 2 rings (SSSR count). The minimum Gasteiger partial charge on any atom is -0.493 e. The highest BCUT2D eigenvalue weighted by atomic mass is 16.5. The van der Waals surface area contributed by atoms with E-state index in [0.717, 1.165) is 0 Å². The second-order valence-electron chi connectivity index (χ2n) is 4.01. The molecule has 0 spiro atoms. The third kappa shape index (κ3) is 2.85. The van der Waals surface area contributed by atoms with E-state index in [2.05, 4.69) is 10.4 Å². The fourth-order valence-electron chi connectivity index (χ4n) is 1.75. The van der Waals surface area contributed by atoms with E-state index in [9.17, 15) is 4.79 Å². The molecule has 19 heavy (non-hydrogen) atoms. The van der Waals surface area contributed by atoms with Crippen LogP contribution in [0.25, 0.3) is 0 Å². The number of carbonyl (C=O) groups excluding carboxylic acids is 1. The van der Waals surface area contributed by atoms with E-state index in [4.69, 9.17) is 10.5 Å². The summed E-state index contributed by atoms with van der Waals surface area (Å²) in [4.78, 5) is 12.2. The third-order valence-corrected chi connectivity index (χ3v) is 2.55. The molecule has 6 heteroatoms. The van der Waals surface area contributed by atoms with Crippen molar-refractivity contribution >= 4 is 17.3 Å². The van der Waals surface area contributed by atoms with Crippen LogP contribution in [0.3, 0.4) is 0 Å². The number of nitrogens with zero attached hydrogens (tertiary/aromatic N) is 2. The number of aromatic nitrogens is 2. The summed E-state index contributed by atoms with van der Waals surface area (Å²) in [5.74, 6) is 0.165. The van der Waals surface area contributed by atoms with Gasteiger partial charge in [0.2, 0.25) is 0 Å². The number of carbonyl (C=O) groups is 1. The Bertz CT molecular complexity index is 592. The molecule has 100 valence electrons. The molecule has 1 aromatic heterocycles. The van der Waals surface area contributed by atoms with E-state index in [0.29, 0.717) is 29.3 Å². The van der Waals surface area contributed by atoms with Gasteiger partial charge in [-0.2, -0.15) is 5.10 Å². The Balaban J connectivity index is 2.27. The number of ether oxygens (including phenoxy) is 1. The number of aryl methyl sites for hydroxylation is 1. The maximum Gasteiger partial charge on any atom is 0.261 e. The molecule has 0 unspecified atom stereocenters. The molecule has 6 nitrogen and oxygen atoms in total. The van der Waals surface area contributed by atoms with Gasteiger partial charge in [0.1, 0.15) is 11.3 Å². The van der Waals surface area contributed by atoms with Gasteiger partial charge in [-0.15, -0.1) is 0 Å². The summed E-state index contributed by atoms with van der Waals surface area (Å²) in [5.41, 5.74) is 7.18. The van der Waals surface area contributed by atoms with Crippen LogP contribution >= 0.6 is 0 Å². The van der Waals surface area contributed by atoms with Crippen molar-refractivity contribution in [3.63, 3.8) is 0 Å². The Hall–Kier alpha value is -2.50. The molecule has 0 saturated carbocycles. The lowest BCUT2D eigenvalue weighted by Gasteiger charge is -2.11. The van der Waals surface area contributed by atoms with Crippen molar-refractivity contribution in [1.29, 1.82) is 0 Å². The van der Waals surface area contributed by atoms with Gasteiger partial charge in [0, 0.05) is 18.9 Å². The Morgan fingerprint density at radius 1 is 1.53 bits per heavy atom. The van der Waals surface area contributed by atoms with Crippen molar-refractivity contribution < 1.29 is 9.53 Å². The Morgan fingerprint density at radius 2 is 2.32 bits per heavy atom. The molecule has 0 aliphatic heterocycles. The quantitative estimate of drug-likeness (QED) is 0.819. The molecule has 0 atom stereocenters. The molecule has 1 amide bonds. The van der Waals surface area contributed by atoms with E-state index >= 15 is 0 Å². The lowest BCUT2D eigenvalue weighted by atomic mass is 10.1. The van der Waals surface area contributed by atoms with Crippen molar-refractivity contribution in [2.75, 3.05) is 17.7 Å². The fraction of sp³-hybridized carbons (Fsp3) is 0.231. The first-order valence-electron chi connectivity index (χ1n) is 5.93. The summed E-state index contributed by atoms with van der Waals surface area (Å²) >= 11 is 0. The highest BCUT2D eigenvalue weighted by Crippen LogP contribution is 2.25. The number of nitrogens with one attached hydrogen (secondary N) is 1. The minimum atomic E-state index is -0.311. The molecule has 0 aliphatic carbocycles. The number of nitrogens with two attached hydrogens (primary N) is 1. The van der Waals surface area contributed by atoms with Gasteiger partial charge in [-0.3, -0.25) is 9.48 Å². The summed E-state index contributed by atoms with van der Waals surface area (Å²) in [6.45, 7) is 2.32. The number of amides is 1. The molecular weight excluding hydrogens is 244 g/mol. The first-order chi connectivity index (χ1) is 9.11. The average Bonchev–Trinajstić information content (AvgIpc) is 2.75. The fourth-order valence-corrected chi connectivity index (χ4v) is 1.75. The molecule has 0 fully saturated rings. The largest absolute Gasteiger partial charge is 0.493 e. The van der Waals surface area contributed by atoms with Gasteiger partial charge < -0.3 is 15.8 Å². The maximum absolute atomic E-state index is 12.2. The van der Waals surface area contributed by atoms with E-state index in [1.54, 1.807) is 42.3 Å². The van der Waals surface area contributed by atoms with Gasteiger partial charge in [0.05, 0.1) is 18.5 Å². The molecule has 1 heterocycles. The van der Waals surface area contributed by atoms with Crippen LogP contribution in [-0.2, 0) is 7.05 Å². The molecule has 3 N–H and O–H groups in total. The first kappa shape index (κ1) is 12.9. The predicted molar refractivity (Wildman–Crippen MR) is 73.2 cm³/mol. The number of nitrogen functional groups attached to an aromatic ring is 1. The standard InChI is InChI=1S/C13H16N4O2/c1-3-19-11-6-4-5-10(14)12(11)13(18)16-9-7-15-17(2)8-9/h4-8H,3,14H2,1-2H3,(H,16,18). The Kier molecular flexibility index (Phi) is 3.70. The maximum atomic E-state index is 12.2. The van der Waals surface area contributed by atoms with Crippen LogP contribution in [-0.4, -0.2) is 22.3 Å². The van der Waals surface area contributed by atoms with E-state index in [1.807, 2.05) is 6.92 Å². The molecule has 0 radical (unpaired) electrons. The molecule has 2 aromatic rings. The highest BCUT2D eigenvalue weighted by molar-refractivity contribution is 6.09. The van der Waals surface area contributed by atoms with Crippen LogP contribution in [0.1, 0.15) is 17.3 Å². The molecule has 0 saturated heterocycles. The van der Waals surface area contributed by atoms with Crippen LogP contribution in [0.4, 0.5) is 11.4 Å². The number of hydrogen-bond acceptors (Lipinski definition) is 4. The second kappa shape index (κ2) is 5.43. The molecule has 0 aliphatic rings. The second-order valence-corrected chi connectivity index (χ2v) is 4.01. The van der Waals surface area contributed by atoms with Gasteiger partial charge >= 0.3 is 0 Å². The number of anilines is 2. The SMILES string of the molecule is CCOc1cccc(N)c1C(=O)Nc1cnn(C)c1. The van der Waals surface area contributed by atoms with Crippen molar-refractivity contribution in [2.45, 2.75) is 6.92 Å². The summed E-state index contributed by atoms with van der Waals surface area (Å²) < 4.78 is 7.02. The summed E-state index contributed by atoms with van der Waals surface area (Å²) in [7, 11) is 1.78. The zero-order chi connectivity index (χ0) is 13.8. The zero-order valence-electron chi connectivity index (χ0n) is 10.9. The van der Waals surface area contributed by atoms with E-state index in [1.165, 1.54) is 0 Å². The van der Waals surface area contributed by atoms with Crippen molar-refractivity contribution in [3.05, 3.63) is 36.2 Å². The lowest BCUT2D eigenvalue weighted by Crippen LogP contribution is -2.15. The third-order valence-electron chi connectivity index (χ3n) is 2.55. The first-order valence-corrected chi connectivity index (χ1v) is 5.93. The predicted octanol–water partition coefficient (Wildman–Crippen LogP) is 1.65. The van der Waals surface area contributed by atoms with Gasteiger partial charge in [-0.1, -0.05) is 6.07 Å². The van der Waals surface area contributed by atoms with Gasteiger partial charge in [-0.25, -0.2) is 0 Å². The van der Waals surface area contributed by atoms with E-state index in [-0.39, 0.29) is 5.91 Å². The Morgan fingerprint density at radius 3 is 2.95 bits per heavy atom. The van der Waals surface area contributed by atoms with E-state index < -0.39 is 0 Å². The lowest BCUT2D eigenvalue weighted by molar-refractivity contribution is 0.102. The summed E-state index contributed by atoms with van der Waals surface area (Å²) in [6.07, 6.45) is 3.27. The molecule has 1 aromatic carbocycles. The summed E-state index contributed by atoms with van der Waals surface area (Å²) in [5, 5.41) is 6.72. The smallest absolute Gasteiger partial charge is 0.261 e. The topological polar surface area (TPSA) is 82.2 Å². The van der Waals surface area contributed by atoms with Crippen LogP contribution in [0.5, 0.6) is 5.75 Å². The zero-order valence-corrected chi connectivity index (χ0v) is 10.9. The minimum absolute atomic E-state index is 0.311. The van der Waals surface area contributed by atoms with Gasteiger partial charge in [0.25, 0.3) is 5.91 Å². The van der Waals surface area contributed by atoms with Gasteiger partial charge in [-0.05, 0) is 19.1 Å². The highest BCUT2D eigenvalue weighted by Gasteiger charge is 2.16. The van der Waals surface area contributed by atoms with Crippen LogP contribution in [0.15, 0.2) is 30.6 Å². The molecular formula is C13H16N4O2. The Labute approximate surface area is 111 Å². The van der Waals surface area contributed by atoms with Crippen molar-refractivity contribution in [3.8, 4) is 5.75 Å². The number of hydrogen-bond donors (Lipinski definition) is 2. The van der Waals surface area contributed by atoms with Crippen molar-refractivity contribution in [1.82, 2.24) is 9.78 Å². The van der Waals surface area contributed by atoms with Crippen LogP contribution in [0, 0.1) is 0 Å². The monoisotopic (exact) mass is 260 g/mol. The van der Waals surface area contributed by atoms with Gasteiger partial charge in [0.15, 0.2) is 0 Å². The summed E-state index contributed by atoms with van der Waals surface area (Å²) in [6, 6.07) is 5.14.